The molecule has 0 radical (unpaired) electrons. The molecule has 1 amide bonds. The Kier molecular flexibility index (Phi) is 7.58. The largest absolute Gasteiger partial charge is 0.492 e. The average molecular weight is 444 g/mol. The highest BCUT2D eigenvalue weighted by Crippen LogP contribution is 2.27. The summed E-state index contributed by atoms with van der Waals surface area (Å²) in [6.45, 7) is 7.01. The van der Waals surface area contributed by atoms with Crippen molar-refractivity contribution in [3.8, 4) is 5.75 Å². The number of carbonyl (C=O) groups excluding carboxylic acids is 1. The van der Waals surface area contributed by atoms with Gasteiger partial charge in [-0.3, -0.25) is 9.69 Å². The maximum absolute atomic E-state index is 13.1. The summed E-state index contributed by atoms with van der Waals surface area (Å²) in [5.41, 5.74) is 3.76. The molecule has 1 fully saturated rings. The summed E-state index contributed by atoms with van der Waals surface area (Å²) in [6.07, 6.45) is 4.50. The van der Waals surface area contributed by atoms with Gasteiger partial charge >= 0.3 is 0 Å². The van der Waals surface area contributed by atoms with Crippen LogP contribution in [0, 0.1) is 12.8 Å². The molecule has 7 heteroatoms. The second kappa shape index (κ2) is 10.6. The average Bonchev–Trinajstić information content (AvgIpc) is 3.19. The molecule has 3 heterocycles. The van der Waals surface area contributed by atoms with E-state index in [9.17, 15) is 4.79 Å². The Labute approximate surface area is 189 Å². The molecular weight excluding hydrogens is 410 g/mol. The van der Waals surface area contributed by atoms with Crippen molar-refractivity contribution in [1.82, 2.24) is 14.8 Å². The third kappa shape index (κ3) is 5.64. The normalized spacial score (nSPS) is 23.7. The van der Waals surface area contributed by atoms with E-state index in [0.717, 1.165) is 69.9 Å². The Morgan fingerprint density at radius 1 is 1.23 bits per heavy atom. The summed E-state index contributed by atoms with van der Waals surface area (Å²) in [5, 5.41) is 0. The monoisotopic (exact) mass is 443 g/mol. The minimum absolute atomic E-state index is 0.0992. The van der Waals surface area contributed by atoms with E-state index in [1.165, 1.54) is 4.88 Å². The number of ether oxygens (including phenoxy) is 2. The standard InChI is InChI=1S/C24H33N3O3S/c1-18-23(31-17-25-18)16-26-10-4-3-6-20-15-27(11-9-22(20)29-2)24(28)19-7-5-8-21(14-19)30-13-12-26/h5,7-8,14,17,20,22H,3-4,6,9-13,15-16H2,1-2H3/t20-,22+/m0/s1. The Hall–Kier alpha value is -1.96. The first kappa shape index (κ1) is 22.2. The third-order valence-corrected chi connectivity index (χ3v) is 7.44. The van der Waals surface area contributed by atoms with E-state index in [2.05, 4.69) is 16.8 Å². The van der Waals surface area contributed by atoms with E-state index in [1.54, 1.807) is 18.4 Å². The second-order valence-electron chi connectivity index (χ2n) is 8.58. The van der Waals surface area contributed by atoms with Crippen LogP contribution in [-0.2, 0) is 11.3 Å². The zero-order chi connectivity index (χ0) is 21.6. The molecule has 0 spiro atoms. The number of aryl methyl sites for hydroxylation is 1. The van der Waals surface area contributed by atoms with Crippen LogP contribution in [0.5, 0.6) is 5.75 Å². The van der Waals surface area contributed by atoms with Crippen molar-refractivity contribution in [2.24, 2.45) is 5.92 Å². The number of rotatable bonds is 3. The van der Waals surface area contributed by atoms with Crippen LogP contribution in [-0.4, -0.2) is 66.7 Å². The van der Waals surface area contributed by atoms with Crippen LogP contribution in [0.2, 0.25) is 0 Å². The van der Waals surface area contributed by atoms with Gasteiger partial charge in [0.2, 0.25) is 0 Å². The molecule has 0 unspecified atom stereocenters. The first-order valence-corrected chi connectivity index (χ1v) is 12.2. The van der Waals surface area contributed by atoms with E-state index in [4.69, 9.17) is 9.47 Å². The zero-order valence-corrected chi connectivity index (χ0v) is 19.4. The van der Waals surface area contributed by atoms with Gasteiger partial charge in [0.15, 0.2) is 0 Å². The highest BCUT2D eigenvalue weighted by molar-refractivity contribution is 7.09. The molecule has 0 saturated carbocycles. The summed E-state index contributed by atoms with van der Waals surface area (Å²) in [5.74, 6) is 1.25. The van der Waals surface area contributed by atoms with Gasteiger partial charge in [0.1, 0.15) is 12.4 Å². The maximum atomic E-state index is 13.1. The van der Waals surface area contributed by atoms with Crippen molar-refractivity contribution in [2.75, 3.05) is 39.9 Å². The van der Waals surface area contributed by atoms with Gasteiger partial charge < -0.3 is 14.4 Å². The van der Waals surface area contributed by atoms with Crippen molar-refractivity contribution >= 4 is 17.2 Å². The fourth-order valence-electron chi connectivity index (χ4n) is 4.67. The quantitative estimate of drug-likeness (QED) is 0.718. The molecule has 0 N–H and O–H groups in total. The van der Waals surface area contributed by atoms with Crippen LogP contribution in [0.15, 0.2) is 29.8 Å². The minimum Gasteiger partial charge on any atom is -0.492 e. The molecule has 1 aromatic heterocycles. The van der Waals surface area contributed by atoms with Crippen LogP contribution in [0.1, 0.15) is 46.6 Å². The SMILES string of the molecule is CO[C@@H]1CCN2C[C@@H]1CCCCN(Cc1scnc1C)CCOc1cccc(c1)C2=O. The van der Waals surface area contributed by atoms with Gasteiger partial charge in [-0.05, 0) is 50.9 Å². The molecule has 0 aliphatic carbocycles. The number of aromatic nitrogens is 1. The first-order chi connectivity index (χ1) is 15.1. The number of benzene rings is 1. The Morgan fingerprint density at radius 3 is 2.94 bits per heavy atom. The molecule has 168 valence electrons. The van der Waals surface area contributed by atoms with Gasteiger partial charge in [-0.15, -0.1) is 11.3 Å². The van der Waals surface area contributed by atoms with Gasteiger partial charge in [-0.25, -0.2) is 4.98 Å². The molecule has 2 aromatic rings. The van der Waals surface area contributed by atoms with Crippen LogP contribution in [0.25, 0.3) is 0 Å². The van der Waals surface area contributed by atoms with E-state index in [1.807, 2.05) is 34.7 Å². The van der Waals surface area contributed by atoms with Crippen molar-refractivity contribution in [3.05, 3.63) is 45.9 Å². The maximum Gasteiger partial charge on any atom is 0.254 e. The topological polar surface area (TPSA) is 54.9 Å². The number of amides is 1. The third-order valence-electron chi connectivity index (χ3n) is 6.52. The predicted molar refractivity (Wildman–Crippen MR) is 123 cm³/mol. The lowest BCUT2D eigenvalue weighted by molar-refractivity contribution is -0.00676. The Bertz CT molecular complexity index is 871. The molecule has 4 bridgehead atoms. The van der Waals surface area contributed by atoms with E-state index in [0.29, 0.717) is 18.1 Å². The molecular formula is C24H33N3O3S. The summed E-state index contributed by atoms with van der Waals surface area (Å²) in [4.78, 5) is 23.3. The number of piperidine rings is 1. The van der Waals surface area contributed by atoms with Crippen molar-refractivity contribution in [1.29, 1.82) is 0 Å². The molecule has 2 aliphatic heterocycles. The number of methoxy groups -OCH3 is 1. The van der Waals surface area contributed by atoms with Gasteiger partial charge in [-0.2, -0.15) is 0 Å². The van der Waals surface area contributed by atoms with Crippen LogP contribution in [0.3, 0.4) is 0 Å². The van der Waals surface area contributed by atoms with E-state index in [-0.39, 0.29) is 12.0 Å². The van der Waals surface area contributed by atoms with Gasteiger partial charge in [0, 0.05) is 49.6 Å². The van der Waals surface area contributed by atoms with E-state index < -0.39 is 0 Å². The number of hydrogen-bond donors (Lipinski definition) is 0. The fourth-order valence-corrected chi connectivity index (χ4v) is 5.49. The summed E-state index contributed by atoms with van der Waals surface area (Å²) < 4.78 is 11.8. The molecule has 1 aromatic carbocycles. The van der Waals surface area contributed by atoms with Crippen LogP contribution in [0.4, 0.5) is 0 Å². The molecule has 1 saturated heterocycles. The minimum atomic E-state index is 0.0992. The summed E-state index contributed by atoms with van der Waals surface area (Å²) in [7, 11) is 1.80. The molecule has 2 aliphatic rings. The Balaban J connectivity index is 1.51. The van der Waals surface area contributed by atoms with Gasteiger partial charge in [-0.1, -0.05) is 12.5 Å². The lowest BCUT2D eigenvalue weighted by Gasteiger charge is -2.38. The molecule has 31 heavy (non-hydrogen) atoms. The van der Waals surface area contributed by atoms with Crippen molar-refractivity contribution in [2.45, 2.75) is 45.3 Å². The number of hydrogen-bond acceptors (Lipinski definition) is 6. The van der Waals surface area contributed by atoms with Crippen molar-refractivity contribution < 1.29 is 14.3 Å². The lowest BCUT2D eigenvalue weighted by Crippen LogP contribution is -2.46. The highest BCUT2D eigenvalue weighted by Gasteiger charge is 2.31. The van der Waals surface area contributed by atoms with Crippen molar-refractivity contribution in [3.63, 3.8) is 0 Å². The number of nitrogens with zero attached hydrogens (tertiary/aromatic N) is 3. The number of carbonyl (C=O) groups is 1. The molecule has 6 nitrogen and oxygen atoms in total. The first-order valence-electron chi connectivity index (χ1n) is 11.3. The lowest BCUT2D eigenvalue weighted by atomic mass is 9.89. The van der Waals surface area contributed by atoms with E-state index >= 15 is 0 Å². The molecule has 4 rings (SSSR count). The van der Waals surface area contributed by atoms with Gasteiger partial charge in [0.05, 0.1) is 17.3 Å². The summed E-state index contributed by atoms with van der Waals surface area (Å²) in [6, 6.07) is 7.63. The van der Waals surface area contributed by atoms with Crippen LogP contribution >= 0.6 is 11.3 Å². The Morgan fingerprint density at radius 2 is 2.13 bits per heavy atom. The van der Waals surface area contributed by atoms with Gasteiger partial charge in [0.25, 0.3) is 5.91 Å². The summed E-state index contributed by atoms with van der Waals surface area (Å²) >= 11 is 1.73. The smallest absolute Gasteiger partial charge is 0.254 e. The number of fused-ring (bicyclic) bond motifs is 4. The number of thiazole rings is 1. The molecule has 2 atom stereocenters. The highest BCUT2D eigenvalue weighted by atomic mass is 32.1. The zero-order valence-electron chi connectivity index (χ0n) is 18.6. The second-order valence-corrected chi connectivity index (χ2v) is 9.52. The predicted octanol–water partition coefficient (Wildman–Crippen LogP) is 3.99. The fraction of sp³-hybridized carbons (Fsp3) is 0.583. The van der Waals surface area contributed by atoms with Crippen LogP contribution < -0.4 is 4.74 Å².